The van der Waals surface area contributed by atoms with E-state index in [9.17, 15) is 5.11 Å². The van der Waals surface area contributed by atoms with Crippen LogP contribution in [0.4, 0.5) is 11.6 Å². The topological polar surface area (TPSA) is 92.2 Å². The number of methoxy groups -OCH3 is 1. The number of aromatic nitrogens is 3. The molecule has 1 aromatic heterocycles. The lowest BCUT2D eigenvalue weighted by atomic mass is 10.3. The van der Waals surface area contributed by atoms with Crippen molar-refractivity contribution in [1.29, 1.82) is 0 Å². The van der Waals surface area contributed by atoms with Crippen LogP contribution >= 0.6 is 11.8 Å². The number of anilines is 2. The number of nitrogens with zero attached hydrogens (tertiary/aromatic N) is 3. The van der Waals surface area contributed by atoms with Gasteiger partial charge in [0.25, 0.3) is 0 Å². The smallest absolute Gasteiger partial charge is 0.210 e. The van der Waals surface area contributed by atoms with E-state index >= 15 is 0 Å². The second-order valence-electron chi connectivity index (χ2n) is 2.89. The average Bonchev–Trinajstić information content (AvgIpc) is 2.27. The zero-order valence-electron chi connectivity index (χ0n) is 8.26. The van der Waals surface area contributed by atoms with Gasteiger partial charge in [0, 0.05) is 7.11 Å². The first-order valence-corrected chi connectivity index (χ1v) is 5.49. The summed E-state index contributed by atoms with van der Waals surface area (Å²) in [6, 6.07) is 0. The average molecular weight is 229 g/mol. The number of rotatable bonds is 2. The van der Waals surface area contributed by atoms with Crippen molar-refractivity contribution >= 4 is 23.4 Å². The molecule has 3 N–H and O–H groups in total. The first kappa shape index (κ1) is 10.4. The summed E-state index contributed by atoms with van der Waals surface area (Å²) < 4.78 is 4.99. The fourth-order valence-electron chi connectivity index (χ4n) is 1.21. The van der Waals surface area contributed by atoms with E-state index in [1.165, 1.54) is 18.9 Å². The summed E-state index contributed by atoms with van der Waals surface area (Å²) in [4.78, 5) is 4.15. The normalized spacial score (nSPS) is 23.9. The molecule has 8 heteroatoms. The van der Waals surface area contributed by atoms with Gasteiger partial charge in [-0.1, -0.05) is 11.8 Å². The molecule has 0 bridgehead atoms. The van der Waals surface area contributed by atoms with Crippen molar-refractivity contribution in [3.63, 3.8) is 0 Å². The minimum atomic E-state index is -0.853. The van der Waals surface area contributed by atoms with Crippen LogP contribution in [0.1, 0.15) is 0 Å². The molecule has 0 aliphatic carbocycles. The summed E-state index contributed by atoms with van der Waals surface area (Å²) in [7, 11) is 1.49. The van der Waals surface area contributed by atoms with Crippen LogP contribution in [0.25, 0.3) is 0 Å². The monoisotopic (exact) mass is 229 g/mol. The Morgan fingerprint density at radius 2 is 2.13 bits per heavy atom. The Kier molecular flexibility index (Phi) is 2.89. The van der Waals surface area contributed by atoms with Crippen LogP contribution in [-0.4, -0.2) is 46.1 Å². The van der Waals surface area contributed by atoms with Crippen LogP contribution in [-0.2, 0) is 4.74 Å². The molecule has 1 aromatic rings. The quantitative estimate of drug-likeness (QED) is 0.596. The van der Waals surface area contributed by atoms with E-state index in [-0.39, 0.29) is 0 Å². The molecule has 2 heterocycles. The molecule has 7 nitrogen and oxygen atoms in total. The molecule has 0 spiro atoms. The van der Waals surface area contributed by atoms with Gasteiger partial charge in [0.15, 0.2) is 24.1 Å². The maximum atomic E-state index is 9.59. The number of ether oxygens (including phenoxy) is 1. The third-order valence-electron chi connectivity index (χ3n) is 1.95. The lowest BCUT2D eigenvalue weighted by Gasteiger charge is -2.29. The molecule has 15 heavy (non-hydrogen) atoms. The van der Waals surface area contributed by atoms with Crippen molar-refractivity contribution in [3.05, 3.63) is 0 Å². The van der Waals surface area contributed by atoms with E-state index in [4.69, 9.17) is 4.74 Å². The highest BCUT2D eigenvalue weighted by Gasteiger charge is 2.27. The third kappa shape index (κ3) is 1.96. The molecule has 0 saturated carbocycles. The van der Waals surface area contributed by atoms with Gasteiger partial charge >= 0.3 is 0 Å². The zero-order chi connectivity index (χ0) is 10.8. The van der Waals surface area contributed by atoms with Crippen molar-refractivity contribution in [2.45, 2.75) is 17.6 Å². The van der Waals surface area contributed by atoms with Gasteiger partial charge in [-0.15, -0.1) is 10.2 Å². The molecular formula is C7H11N5O2S. The Bertz CT molecular complexity index is 363. The summed E-state index contributed by atoms with van der Waals surface area (Å²) in [6.45, 7) is 0. The lowest BCUT2D eigenvalue weighted by molar-refractivity contribution is 0.0172. The van der Waals surface area contributed by atoms with E-state index in [2.05, 4.69) is 25.8 Å². The highest BCUT2D eigenvalue weighted by molar-refractivity contribution is 7.98. The Labute approximate surface area is 90.6 Å². The van der Waals surface area contributed by atoms with Crippen molar-refractivity contribution in [2.24, 2.45) is 0 Å². The highest BCUT2D eigenvalue weighted by atomic mass is 32.2. The van der Waals surface area contributed by atoms with Gasteiger partial charge in [-0.3, -0.25) is 0 Å². The van der Waals surface area contributed by atoms with E-state index in [0.29, 0.717) is 16.8 Å². The van der Waals surface area contributed by atoms with Crippen LogP contribution in [0.2, 0.25) is 0 Å². The molecule has 0 fully saturated rings. The van der Waals surface area contributed by atoms with Crippen LogP contribution in [0, 0.1) is 0 Å². The maximum absolute atomic E-state index is 9.59. The minimum absolute atomic E-state index is 0.477. The first-order chi connectivity index (χ1) is 7.24. The number of nitrogens with one attached hydrogen (secondary N) is 2. The van der Waals surface area contributed by atoms with Gasteiger partial charge in [-0.25, -0.2) is 0 Å². The Morgan fingerprint density at radius 1 is 1.33 bits per heavy atom. The Hall–Kier alpha value is -1.12. The fourth-order valence-corrected chi connectivity index (χ4v) is 1.52. The van der Waals surface area contributed by atoms with Crippen LogP contribution in [0.5, 0.6) is 0 Å². The highest BCUT2D eigenvalue weighted by Crippen LogP contribution is 2.24. The van der Waals surface area contributed by atoms with Crippen molar-refractivity contribution in [3.8, 4) is 0 Å². The van der Waals surface area contributed by atoms with Crippen molar-refractivity contribution < 1.29 is 9.84 Å². The molecule has 0 aromatic carbocycles. The second-order valence-corrected chi connectivity index (χ2v) is 3.66. The van der Waals surface area contributed by atoms with Gasteiger partial charge in [0.2, 0.25) is 5.16 Å². The summed E-state index contributed by atoms with van der Waals surface area (Å²) in [5.41, 5.74) is 0. The number of aliphatic hydroxyl groups is 1. The van der Waals surface area contributed by atoms with Gasteiger partial charge in [-0.2, -0.15) is 4.98 Å². The summed E-state index contributed by atoms with van der Waals surface area (Å²) in [5, 5.41) is 23.6. The molecule has 0 unspecified atom stereocenters. The predicted octanol–water partition coefficient (Wildman–Crippen LogP) is -0.278. The van der Waals surface area contributed by atoms with Gasteiger partial charge in [0.05, 0.1) is 0 Å². The summed E-state index contributed by atoms with van der Waals surface area (Å²) >= 11 is 1.38. The molecule has 82 valence electrons. The molecule has 0 amide bonds. The zero-order valence-corrected chi connectivity index (χ0v) is 9.08. The number of thioether (sulfide) groups is 1. The Balaban J connectivity index is 2.28. The number of fused-ring (bicyclic) bond motifs is 1. The van der Waals surface area contributed by atoms with E-state index in [0.717, 1.165) is 0 Å². The SMILES string of the molecule is CO[C@@H]1Nc2nnc(SC)nc2N[C@H]1O. The number of hydrogen-bond donors (Lipinski definition) is 3. The van der Waals surface area contributed by atoms with Gasteiger partial charge in [-0.05, 0) is 6.26 Å². The lowest BCUT2D eigenvalue weighted by Crippen LogP contribution is -2.44. The minimum Gasteiger partial charge on any atom is -0.369 e. The predicted molar refractivity (Wildman–Crippen MR) is 55.7 cm³/mol. The van der Waals surface area contributed by atoms with E-state index in [1.54, 1.807) is 0 Å². The first-order valence-electron chi connectivity index (χ1n) is 4.27. The van der Waals surface area contributed by atoms with Gasteiger partial charge < -0.3 is 20.5 Å². The summed E-state index contributed by atoms with van der Waals surface area (Å²) in [5.74, 6) is 0.958. The summed E-state index contributed by atoms with van der Waals surface area (Å²) in [6.07, 6.45) is 0.455. The molecular weight excluding hydrogens is 218 g/mol. The van der Waals surface area contributed by atoms with Crippen LogP contribution in [0.15, 0.2) is 5.16 Å². The number of hydrogen-bond acceptors (Lipinski definition) is 8. The molecule has 2 atom stereocenters. The van der Waals surface area contributed by atoms with Crippen LogP contribution < -0.4 is 10.6 Å². The maximum Gasteiger partial charge on any atom is 0.210 e. The molecule has 0 saturated heterocycles. The Morgan fingerprint density at radius 3 is 2.80 bits per heavy atom. The van der Waals surface area contributed by atoms with E-state index in [1.807, 2.05) is 6.26 Å². The fraction of sp³-hybridized carbons (Fsp3) is 0.571. The van der Waals surface area contributed by atoms with Crippen LogP contribution in [0.3, 0.4) is 0 Å². The standard InChI is InChI=1S/C7H11N5O2S/c1-14-6-5(13)8-3-4(9-6)11-12-7(10-3)15-2/h5-6,13H,1-2H3,(H,9,11)(H,8,10,12)/t5-,6-/m0/s1. The largest absolute Gasteiger partial charge is 0.369 e. The third-order valence-corrected chi connectivity index (χ3v) is 2.49. The second kappa shape index (κ2) is 4.17. The number of aliphatic hydroxyl groups excluding tert-OH is 1. The van der Waals surface area contributed by atoms with Crippen molar-refractivity contribution in [1.82, 2.24) is 15.2 Å². The molecule has 1 aliphatic heterocycles. The molecule has 1 aliphatic rings. The van der Waals surface area contributed by atoms with Crippen molar-refractivity contribution in [2.75, 3.05) is 24.0 Å². The molecule has 0 radical (unpaired) electrons. The van der Waals surface area contributed by atoms with E-state index < -0.39 is 12.5 Å². The van der Waals surface area contributed by atoms with Gasteiger partial charge in [0.1, 0.15) is 0 Å². The molecule has 2 rings (SSSR count).